The van der Waals surface area contributed by atoms with Crippen LogP contribution in [0.3, 0.4) is 0 Å². The molecule has 1 atom stereocenters. The fraction of sp³-hybridized carbons (Fsp3) is 0.250. The van der Waals surface area contributed by atoms with E-state index in [4.69, 9.17) is 16.3 Å². The normalized spacial score (nSPS) is 18.0. The Morgan fingerprint density at radius 1 is 1.31 bits per heavy atom. The SMILES string of the molecule is CC1(C)CC(n2c(=O)c(Cl)nc3ccccc32)c2cc(C#N)ccc2O1. The van der Waals surface area contributed by atoms with Crippen molar-refractivity contribution in [3.63, 3.8) is 0 Å². The molecule has 0 amide bonds. The molecule has 130 valence electrons. The van der Waals surface area contributed by atoms with Crippen molar-refractivity contribution in [1.82, 2.24) is 9.55 Å². The van der Waals surface area contributed by atoms with Crippen LogP contribution in [-0.4, -0.2) is 15.2 Å². The lowest BCUT2D eigenvalue weighted by Crippen LogP contribution is -2.40. The molecular formula is C20H16ClN3O2. The van der Waals surface area contributed by atoms with Gasteiger partial charge in [-0.3, -0.25) is 9.36 Å². The summed E-state index contributed by atoms with van der Waals surface area (Å²) >= 11 is 6.14. The molecule has 1 aromatic heterocycles. The molecule has 6 heteroatoms. The second-order valence-corrected chi connectivity index (χ2v) is 7.37. The minimum atomic E-state index is -0.470. The molecule has 4 rings (SSSR count). The van der Waals surface area contributed by atoms with Gasteiger partial charge in [-0.1, -0.05) is 23.7 Å². The molecule has 0 saturated heterocycles. The van der Waals surface area contributed by atoms with Crippen molar-refractivity contribution in [2.24, 2.45) is 0 Å². The maximum absolute atomic E-state index is 12.9. The molecule has 0 fully saturated rings. The molecule has 0 saturated carbocycles. The minimum Gasteiger partial charge on any atom is -0.487 e. The molecule has 5 nitrogen and oxygen atoms in total. The first-order chi connectivity index (χ1) is 12.4. The molecule has 1 aliphatic heterocycles. The van der Waals surface area contributed by atoms with E-state index < -0.39 is 5.60 Å². The van der Waals surface area contributed by atoms with Crippen molar-refractivity contribution in [3.8, 4) is 11.8 Å². The number of rotatable bonds is 1. The van der Waals surface area contributed by atoms with E-state index >= 15 is 0 Å². The van der Waals surface area contributed by atoms with Crippen molar-refractivity contribution >= 4 is 22.6 Å². The highest BCUT2D eigenvalue weighted by molar-refractivity contribution is 6.29. The van der Waals surface area contributed by atoms with E-state index in [2.05, 4.69) is 11.1 Å². The van der Waals surface area contributed by atoms with Crippen LogP contribution in [0.15, 0.2) is 47.3 Å². The van der Waals surface area contributed by atoms with Crippen LogP contribution in [0.4, 0.5) is 0 Å². The predicted molar refractivity (Wildman–Crippen MR) is 99.6 cm³/mol. The molecular weight excluding hydrogens is 350 g/mol. The second kappa shape index (κ2) is 5.86. The van der Waals surface area contributed by atoms with Gasteiger partial charge in [0.15, 0.2) is 5.15 Å². The molecule has 2 heterocycles. The Hall–Kier alpha value is -2.84. The zero-order valence-electron chi connectivity index (χ0n) is 14.4. The number of ether oxygens (including phenoxy) is 1. The number of nitrogens with zero attached hydrogens (tertiary/aromatic N) is 3. The van der Waals surface area contributed by atoms with E-state index in [1.165, 1.54) is 0 Å². The van der Waals surface area contributed by atoms with Crippen molar-refractivity contribution in [1.29, 1.82) is 5.26 Å². The van der Waals surface area contributed by atoms with Crippen molar-refractivity contribution < 1.29 is 4.74 Å². The van der Waals surface area contributed by atoms with Crippen LogP contribution < -0.4 is 10.3 Å². The fourth-order valence-electron chi connectivity index (χ4n) is 3.55. The molecule has 1 aliphatic rings. The largest absolute Gasteiger partial charge is 0.487 e. The van der Waals surface area contributed by atoms with E-state index in [-0.39, 0.29) is 16.8 Å². The number of halogens is 1. The van der Waals surface area contributed by atoms with Crippen molar-refractivity contribution in [3.05, 3.63) is 69.1 Å². The molecule has 0 spiro atoms. The molecule has 0 aliphatic carbocycles. The Morgan fingerprint density at radius 3 is 2.85 bits per heavy atom. The summed E-state index contributed by atoms with van der Waals surface area (Å²) in [5.74, 6) is 0.675. The van der Waals surface area contributed by atoms with Gasteiger partial charge in [0.05, 0.1) is 28.7 Å². The first-order valence-electron chi connectivity index (χ1n) is 8.29. The molecule has 3 aromatic rings. The number of para-hydroxylation sites is 2. The Kier molecular flexibility index (Phi) is 3.74. The van der Waals surface area contributed by atoms with E-state index in [1.807, 2.05) is 38.1 Å². The lowest BCUT2D eigenvalue weighted by molar-refractivity contribution is 0.0672. The number of nitriles is 1. The number of hydrogen-bond acceptors (Lipinski definition) is 4. The van der Waals surface area contributed by atoms with Crippen molar-refractivity contribution in [2.45, 2.75) is 31.9 Å². The van der Waals surface area contributed by atoms with Gasteiger partial charge in [0.1, 0.15) is 11.4 Å². The van der Waals surface area contributed by atoms with Crippen LogP contribution in [0.25, 0.3) is 11.0 Å². The number of aromatic nitrogens is 2. The van der Waals surface area contributed by atoms with Crippen LogP contribution in [0.1, 0.15) is 37.4 Å². The zero-order chi connectivity index (χ0) is 18.5. The number of benzene rings is 2. The summed E-state index contributed by atoms with van der Waals surface area (Å²) in [6, 6.07) is 14.5. The molecule has 0 radical (unpaired) electrons. The first kappa shape index (κ1) is 16.6. The standard InChI is InChI=1S/C20H16ClN3O2/c1-20(2)10-16(13-9-12(11-22)7-8-17(13)26-20)24-15-6-4-3-5-14(15)23-18(21)19(24)25/h3-9,16H,10H2,1-2H3. The molecule has 2 aromatic carbocycles. The maximum Gasteiger partial charge on any atom is 0.289 e. The van der Waals surface area contributed by atoms with Gasteiger partial charge in [0.25, 0.3) is 5.56 Å². The van der Waals surface area contributed by atoms with Gasteiger partial charge in [0.2, 0.25) is 0 Å². The first-order valence-corrected chi connectivity index (χ1v) is 8.67. The van der Waals surface area contributed by atoms with Crippen LogP contribution in [0.5, 0.6) is 5.75 Å². The summed E-state index contributed by atoms with van der Waals surface area (Å²) in [4.78, 5) is 17.1. The molecule has 1 unspecified atom stereocenters. The van der Waals surface area contributed by atoms with E-state index in [9.17, 15) is 10.1 Å². The van der Waals surface area contributed by atoms with Gasteiger partial charge in [-0.05, 0) is 44.2 Å². The van der Waals surface area contributed by atoms with Crippen LogP contribution in [0.2, 0.25) is 5.15 Å². The maximum atomic E-state index is 12.9. The molecule has 0 bridgehead atoms. The third kappa shape index (κ3) is 2.63. The second-order valence-electron chi connectivity index (χ2n) is 7.01. The average Bonchev–Trinajstić information content (AvgIpc) is 2.61. The number of hydrogen-bond donors (Lipinski definition) is 0. The van der Waals surface area contributed by atoms with Gasteiger partial charge < -0.3 is 4.74 Å². The predicted octanol–water partition coefficient (Wildman–Crippen LogP) is 4.07. The Bertz CT molecular complexity index is 1130. The summed E-state index contributed by atoms with van der Waals surface area (Å²) in [5, 5.41) is 9.21. The van der Waals surface area contributed by atoms with Gasteiger partial charge in [-0.15, -0.1) is 0 Å². The van der Waals surface area contributed by atoms with E-state index in [1.54, 1.807) is 22.8 Å². The molecule has 0 N–H and O–H groups in total. The van der Waals surface area contributed by atoms with Crippen LogP contribution >= 0.6 is 11.6 Å². The average molecular weight is 366 g/mol. The number of fused-ring (bicyclic) bond motifs is 2. The van der Waals surface area contributed by atoms with Gasteiger partial charge in [-0.2, -0.15) is 5.26 Å². The Balaban J connectivity index is 2.06. The summed E-state index contributed by atoms with van der Waals surface area (Å²) in [6.07, 6.45) is 0.569. The monoisotopic (exact) mass is 365 g/mol. The topological polar surface area (TPSA) is 67.9 Å². The minimum absolute atomic E-state index is 0.0639. The van der Waals surface area contributed by atoms with E-state index in [0.29, 0.717) is 28.8 Å². The summed E-state index contributed by atoms with van der Waals surface area (Å²) < 4.78 is 7.75. The highest BCUT2D eigenvalue weighted by atomic mass is 35.5. The zero-order valence-corrected chi connectivity index (χ0v) is 15.1. The third-order valence-electron chi connectivity index (χ3n) is 4.64. The highest BCUT2D eigenvalue weighted by Gasteiger charge is 2.36. The lowest BCUT2D eigenvalue weighted by Gasteiger charge is -2.38. The quantitative estimate of drug-likeness (QED) is 0.651. The van der Waals surface area contributed by atoms with E-state index in [0.717, 1.165) is 5.56 Å². The summed E-state index contributed by atoms with van der Waals surface area (Å²) in [6.45, 7) is 3.97. The smallest absolute Gasteiger partial charge is 0.289 e. The molecule has 26 heavy (non-hydrogen) atoms. The summed E-state index contributed by atoms with van der Waals surface area (Å²) in [5.41, 5.74) is 1.87. The third-order valence-corrected chi connectivity index (χ3v) is 4.88. The highest BCUT2D eigenvalue weighted by Crippen LogP contribution is 2.42. The van der Waals surface area contributed by atoms with Crippen molar-refractivity contribution in [2.75, 3.05) is 0 Å². The van der Waals surface area contributed by atoms with Gasteiger partial charge in [0, 0.05) is 12.0 Å². The van der Waals surface area contributed by atoms with Crippen LogP contribution in [0, 0.1) is 11.3 Å². The van der Waals surface area contributed by atoms with Gasteiger partial charge in [-0.25, -0.2) is 4.98 Å². The van der Waals surface area contributed by atoms with Gasteiger partial charge >= 0.3 is 0 Å². The Morgan fingerprint density at radius 2 is 2.08 bits per heavy atom. The van der Waals surface area contributed by atoms with Crippen LogP contribution in [-0.2, 0) is 0 Å². The Labute approximate surface area is 155 Å². The fourth-order valence-corrected chi connectivity index (χ4v) is 3.73. The summed E-state index contributed by atoms with van der Waals surface area (Å²) in [7, 11) is 0. The lowest BCUT2D eigenvalue weighted by atomic mass is 9.88.